The summed E-state index contributed by atoms with van der Waals surface area (Å²) in [6.07, 6.45) is 8.36. The van der Waals surface area contributed by atoms with Crippen LogP contribution in [0.15, 0.2) is 24.3 Å². The summed E-state index contributed by atoms with van der Waals surface area (Å²) < 4.78 is 1.31. The first-order valence-electron chi connectivity index (χ1n) is 6.77. The molecule has 0 spiro atoms. The Morgan fingerprint density at radius 3 is 2.24 bits per heavy atom. The van der Waals surface area contributed by atoms with Gasteiger partial charge >= 0.3 is 0 Å². The molecule has 0 radical (unpaired) electrons. The standard InChI is InChI=1S/C15H22IN/c1-12(13-8-10-14(16)11-9-13)17-15-6-4-2-3-5-7-15/h8-12,15,17H,2-7H2,1H3. The van der Waals surface area contributed by atoms with Crippen LogP contribution < -0.4 is 5.32 Å². The van der Waals surface area contributed by atoms with Gasteiger partial charge in [-0.25, -0.2) is 0 Å². The van der Waals surface area contributed by atoms with Gasteiger partial charge in [0, 0.05) is 15.7 Å². The number of nitrogens with one attached hydrogen (secondary N) is 1. The summed E-state index contributed by atoms with van der Waals surface area (Å²) in [5.74, 6) is 0. The van der Waals surface area contributed by atoms with E-state index in [2.05, 4.69) is 59.1 Å². The van der Waals surface area contributed by atoms with Crippen molar-refractivity contribution in [3.8, 4) is 0 Å². The van der Waals surface area contributed by atoms with Gasteiger partial charge in [0.2, 0.25) is 0 Å². The maximum absolute atomic E-state index is 3.79. The minimum atomic E-state index is 0.482. The van der Waals surface area contributed by atoms with Crippen molar-refractivity contribution in [2.75, 3.05) is 0 Å². The number of benzene rings is 1. The second-order valence-corrected chi connectivity index (χ2v) is 6.37. The van der Waals surface area contributed by atoms with Crippen LogP contribution >= 0.6 is 22.6 Å². The Bertz CT molecular complexity index is 325. The molecule has 2 rings (SSSR count). The molecule has 17 heavy (non-hydrogen) atoms. The summed E-state index contributed by atoms with van der Waals surface area (Å²) >= 11 is 2.36. The Morgan fingerprint density at radius 1 is 1.06 bits per heavy atom. The molecule has 0 aliphatic heterocycles. The molecule has 1 aromatic carbocycles. The molecule has 2 heteroatoms. The Hall–Kier alpha value is -0.0900. The molecule has 0 heterocycles. The number of hydrogen-bond acceptors (Lipinski definition) is 1. The normalized spacial score (nSPS) is 19.9. The third kappa shape index (κ3) is 4.25. The van der Waals surface area contributed by atoms with Crippen molar-refractivity contribution in [2.45, 2.75) is 57.5 Å². The molecular weight excluding hydrogens is 321 g/mol. The fourth-order valence-electron chi connectivity index (χ4n) is 2.65. The van der Waals surface area contributed by atoms with Crippen molar-refractivity contribution in [1.82, 2.24) is 5.32 Å². The van der Waals surface area contributed by atoms with Crippen LogP contribution in [-0.4, -0.2) is 6.04 Å². The third-order valence-electron chi connectivity index (χ3n) is 3.71. The molecule has 1 fully saturated rings. The van der Waals surface area contributed by atoms with Crippen LogP contribution in [0.4, 0.5) is 0 Å². The van der Waals surface area contributed by atoms with E-state index in [9.17, 15) is 0 Å². The van der Waals surface area contributed by atoms with Gasteiger partial charge in [0.1, 0.15) is 0 Å². The topological polar surface area (TPSA) is 12.0 Å². The summed E-state index contributed by atoms with van der Waals surface area (Å²) in [5.41, 5.74) is 1.41. The van der Waals surface area contributed by atoms with Gasteiger partial charge in [0.25, 0.3) is 0 Å². The molecule has 1 nitrogen and oxygen atoms in total. The number of hydrogen-bond donors (Lipinski definition) is 1. The molecular formula is C15H22IN. The summed E-state index contributed by atoms with van der Waals surface area (Å²) in [5, 5.41) is 3.79. The van der Waals surface area contributed by atoms with Crippen molar-refractivity contribution >= 4 is 22.6 Å². The lowest BCUT2D eigenvalue weighted by Gasteiger charge is -2.22. The highest BCUT2D eigenvalue weighted by Gasteiger charge is 2.15. The van der Waals surface area contributed by atoms with Crippen LogP contribution in [0.2, 0.25) is 0 Å². The fraction of sp³-hybridized carbons (Fsp3) is 0.600. The Kier molecular flexibility index (Phi) is 5.29. The molecule has 1 aliphatic rings. The average Bonchev–Trinajstić information content (AvgIpc) is 2.58. The molecule has 94 valence electrons. The number of rotatable bonds is 3. The maximum atomic E-state index is 3.79. The van der Waals surface area contributed by atoms with Crippen molar-refractivity contribution in [3.63, 3.8) is 0 Å². The molecule has 0 amide bonds. The maximum Gasteiger partial charge on any atom is 0.0294 e. The third-order valence-corrected chi connectivity index (χ3v) is 4.43. The molecule has 0 saturated heterocycles. The lowest BCUT2D eigenvalue weighted by Crippen LogP contribution is -2.31. The van der Waals surface area contributed by atoms with Gasteiger partial charge in [0.15, 0.2) is 0 Å². The van der Waals surface area contributed by atoms with Gasteiger partial charge in [-0.05, 0) is 60.1 Å². The van der Waals surface area contributed by atoms with Crippen LogP contribution in [0.25, 0.3) is 0 Å². The van der Waals surface area contributed by atoms with E-state index < -0.39 is 0 Å². The van der Waals surface area contributed by atoms with Crippen LogP contribution in [0.5, 0.6) is 0 Å². The molecule has 0 bridgehead atoms. The Morgan fingerprint density at radius 2 is 1.65 bits per heavy atom. The van der Waals surface area contributed by atoms with E-state index in [0.29, 0.717) is 6.04 Å². The van der Waals surface area contributed by atoms with Crippen molar-refractivity contribution in [2.24, 2.45) is 0 Å². The second kappa shape index (κ2) is 6.74. The van der Waals surface area contributed by atoms with E-state index in [1.54, 1.807) is 0 Å². The molecule has 0 aromatic heterocycles. The predicted octanol–water partition coefficient (Wildman–Crippen LogP) is 4.66. The lowest BCUT2D eigenvalue weighted by atomic mass is 10.0. The molecule has 1 N–H and O–H groups in total. The molecule has 1 atom stereocenters. The molecule has 1 aromatic rings. The van der Waals surface area contributed by atoms with Crippen LogP contribution in [-0.2, 0) is 0 Å². The van der Waals surface area contributed by atoms with Crippen LogP contribution in [0.3, 0.4) is 0 Å². The molecule has 1 aliphatic carbocycles. The van der Waals surface area contributed by atoms with E-state index in [1.807, 2.05) is 0 Å². The summed E-state index contributed by atoms with van der Waals surface area (Å²) in [7, 11) is 0. The zero-order chi connectivity index (χ0) is 12.1. The van der Waals surface area contributed by atoms with Crippen LogP contribution in [0.1, 0.15) is 57.1 Å². The average molecular weight is 343 g/mol. The highest BCUT2D eigenvalue weighted by Crippen LogP contribution is 2.21. The fourth-order valence-corrected chi connectivity index (χ4v) is 3.01. The van der Waals surface area contributed by atoms with E-state index in [-0.39, 0.29) is 0 Å². The SMILES string of the molecule is CC(NC1CCCCCC1)c1ccc(I)cc1. The van der Waals surface area contributed by atoms with Gasteiger partial charge in [-0.3, -0.25) is 0 Å². The highest BCUT2D eigenvalue weighted by atomic mass is 127. The van der Waals surface area contributed by atoms with Gasteiger partial charge in [-0.15, -0.1) is 0 Å². The molecule has 1 saturated carbocycles. The summed E-state index contributed by atoms with van der Waals surface area (Å²) in [6, 6.07) is 10.1. The van der Waals surface area contributed by atoms with Gasteiger partial charge in [-0.2, -0.15) is 0 Å². The Labute approximate surface area is 119 Å². The largest absolute Gasteiger partial charge is 0.307 e. The van der Waals surface area contributed by atoms with Crippen LogP contribution in [0, 0.1) is 3.57 Å². The number of halogens is 1. The van der Waals surface area contributed by atoms with Crippen molar-refractivity contribution < 1.29 is 0 Å². The monoisotopic (exact) mass is 343 g/mol. The smallest absolute Gasteiger partial charge is 0.0294 e. The zero-order valence-corrected chi connectivity index (χ0v) is 12.7. The van der Waals surface area contributed by atoms with Gasteiger partial charge in [0.05, 0.1) is 0 Å². The summed E-state index contributed by atoms with van der Waals surface area (Å²) in [6.45, 7) is 2.28. The van der Waals surface area contributed by atoms with E-state index in [1.165, 1.54) is 47.7 Å². The first kappa shape index (κ1) is 13.3. The highest BCUT2D eigenvalue weighted by molar-refractivity contribution is 14.1. The molecule has 1 unspecified atom stereocenters. The quantitative estimate of drug-likeness (QED) is 0.622. The van der Waals surface area contributed by atoms with Gasteiger partial charge in [-0.1, -0.05) is 37.8 Å². The summed E-state index contributed by atoms with van der Waals surface area (Å²) in [4.78, 5) is 0. The van der Waals surface area contributed by atoms with Crippen molar-refractivity contribution in [1.29, 1.82) is 0 Å². The Balaban J connectivity index is 1.91. The first-order valence-corrected chi connectivity index (χ1v) is 7.85. The van der Waals surface area contributed by atoms with Crippen molar-refractivity contribution in [3.05, 3.63) is 33.4 Å². The minimum Gasteiger partial charge on any atom is -0.307 e. The first-order chi connectivity index (χ1) is 8.25. The predicted molar refractivity (Wildman–Crippen MR) is 82.2 cm³/mol. The van der Waals surface area contributed by atoms with Gasteiger partial charge < -0.3 is 5.32 Å². The minimum absolute atomic E-state index is 0.482. The second-order valence-electron chi connectivity index (χ2n) is 5.13. The van der Waals surface area contributed by atoms with E-state index in [0.717, 1.165) is 6.04 Å². The van der Waals surface area contributed by atoms with E-state index in [4.69, 9.17) is 0 Å². The zero-order valence-electron chi connectivity index (χ0n) is 10.6. The lowest BCUT2D eigenvalue weighted by molar-refractivity contribution is 0.414. The van der Waals surface area contributed by atoms with E-state index >= 15 is 0 Å².